The average Bonchev–Trinajstić information content (AvgIpc) is 2.98. The van der Waals surface area contributed by atoms with Crippen molar-refractivity contribution >= 4 is 22.1 Å². The number of carbonyl (C=O) groups is 2. The molecule has 0 aromatic rings. The molecule has 0 aromatic carbocycles. The first-order valence-corrected chi connectivity index (χ1v) is 20.1. The zero-order valence-corrected chi connectivity index (χ0v) is 36.0. The zero-order chi connectivity index (χ0) is 33.9. The Balaban J connectivity index is -0.000000559. The number of aliphatic carboxylic acids is 2. The summed E-state index contributed by atoms with van der Waals surface area (Å²) in [5, 5.41) is 17.3. The molecule has 0 fully saturated rings. The fourth-order valence-corrected chi connectivity index (χ4v) is 5.95. The Morgan fingerprint density at radius 1 is 0.511 bits per heavy atom. The van der Waals surface area contributed by atoms with Gasteiger partial charge in [-0.25, -0.2) is 0 Å². The Hall–Kier alpha value is 0.810. The molecule has 0 aliphatic rings. The van der Waals surface area contributed by atoms with E-state index in [0.717, 1.165) is 13.2 Å². The minimum absolute atomic E-state index is 0. The van der Waals surface area contributed by atoms with E-state index in [4.69, 9.17) is 9.29 Å². The zero-order valence-electron chi connectivity index (χ0n) is 31.2. The van der Waals surface area contributed by atoms with E-state index in [1.54, 1.807) is 0 Å². The first-order valence-electron chi connectivity index (χ1n) is 18.6. The third kappa shape index (κ3) is 46.8. The smallest absolute Gasteiger partial charge is 0.550 e. The molecule has 0 spiro atoms. The van der Waals surface area contributed by atoms with Crippen molar-refractivity contribution in [2.45, 2.75) is 205 Å². The van der Waals surface area contributed by atoms with Crippen molar-refractivity contribution in [3.63, 3.8) is 0 Å². The second-order valence-corrected chi connectivity index (χ2v) is 14.3. The number of unbranched alkanes of at least 4 members (excludes halogenated alkanes) is 26. The molecule has 0 saturated carbocycles. The van der Waals surface area contributed by atoms with Crippen molar-refractivity contribution in [1.82, 2.24) is 0 Å². The molecular weight excluding hydrogens is 638 g/mol. The topological polar surface area (TPSA) is 144 Å². The predicted molar refractivity (Wildman–Crippen MR) is 181 cm³/mol. The van der Waals surface area contributed by atoms with E-state index in [1.807, 2.05) is 0 Å². The maximum Gasteiger partial charge on any atom is 1.00 e. The summed E-state index contributed by atoms with van der Waals surface area (Å²) in [5.74, 6) is -4.08. The quantitative estimate of drug-likeness (QED) is 0.0609. The summed E-state index contributed by atoms with van der Waals surface area (Å²) in [6, 6.07) is 0. The molecule has 0 aromatic heterocycles. The van der Waals surface area contributed by atoms with Crippen LogP contribution in [-0.4, -0.2) is 43.4 Å². The molecule has 0 aliphatic heterocycles. The van der Waals surface area contributed by atoms with Crippen LogP contribution >= 0.6 is 0 Å². The molecule has 1 atom stereocenters. The van der Waals surface area contributed by atoms with Crippen LogP contribution in [0, 0.1) is 0 Å². The van der Waals surface area contributed by atoms with E-state index in [1.165, 1.54) is 180 Å². The fraction of sp³-hybridized carbons (Fsp3) is 0.944. The number of ether oxygens (including phenoxy) is 1. The summed E-state index contributed by atoms with van der Waals surface area (Å²) in [6.07, 6.45) is 38.7. The van der Waals surface area contributed by atoms with E-state index in [9.17, 15) is 28.2 Å². The van der Waals surface area contributed by atoms with Gasteiger partial charge in [0.05, 0.1) is 5.97 Å². The molecule has 1 N–H and O–H groups in total. The molecule has 0 radical (unpaired) electrons. The Morgan fingerprint density at radius 3 is 0.915 bits per heavy atom. The van der Waals surface area contributed by atoms with Crippen molar-refractivity contribution in [2.24, 2.45) is 0 Å². The Bertz CT molecular complexity index is 723. The van der Waals surface area contributed by atoms with Crippen LogP contribution in [-0.2, 0) is 24.4 Å². The normalized spacial score (nSPS) is 11.6. The molecule has 11 heteroatoms. The summed E-state index contributed by atoms with van der Waals surface area (Å²) in [5.41, 5.74) is 0. The minimum atomic E-state index is -4.94. The largest absolute Gasteiger partial charge is 1.00 e. The predicted octanol–water partition coefficient (Wildman–Crippen LogP) is 2.11. The molecule has 0 rings (SSSR count). The molecule has 47 heavy (non-hydrogen) atoms. The maximum absolute atomic E-state index is 10.2. The summed E-state index contributed by atoms with van der Waals surface area (Å²) in [7, 11) is -4.94. The molecular formula is C36H70Na2O8S. The number of hydrogen-bond donors (Lipinski definition) is 1. The Morgan fingerprint density at radius 2 is 0.745 bits per heavy atom. The van der Waals surface area contributed by atoms with Gasteiger partial charge in [0.2, 0.25) is 0 Å². The van der Waals surface area contributed by atoms with E-state index >= 15 is 0 Å². The van der Waals surface area contributed by atoms with Crippen LogP contribution in [0.2, 0.25) is 0 Å². The van der Waals surface area contributed by atoms with Gasteiger partial charge in [0.15, 0.2) is 0 Å². The summed E-state index contributed by atoms with van der Waals surface area (Å²) in [6.45, 7) is 6.59. The van der Waals surface area contributed by atoms with Crippen molar-refractivity contribution in [3.05, 3.63) is 0 Å². The average molecular weight is 709 g/mol. The molecule has 0 aliphatic carbocycles. The molecule has 0 saturated heterocycles. The van der Waals surface area contributed by atoms with Crippen LogP contribution in [0.3, 0.4) is 0 Å². The van der Waals surface area contributed by atoms with E-state index < -0.39 is 33.7 Å². The number of carboxylic acids is 2. The molecule has 1 unspecified atom stereocenters. The van der Waals surface area contributed by atoms with Gasteiger partial charge in [0.25, 0.3) is 10.1 Å². The van der Waals surface area contributed by atoms with Crippen molar-refractivity contribution < 1.29 is 96.6 Å². The van der Waals surface area contributed by atoms with Crippen molar-refractivity contribution in [3.8, 4) is 0 Å². The van der Waals surface area contributed by atoms with Crippen molar-refractivity contribution in [1.29, 1.82) is 0 Å². The monoisotopic (exact) mass is 708 g/mol. The molecule has 0 bridgehead atoms. The van der Waals surface area contributed by atoms with E-state index in [-0.39, 0.29) is 59.1 Å². The van der Waals surface area contributed by atoms with Gasteiger partial charge in [0.1, 0.15) is 5.25 Å². The Kier molecular flexibility index (Phi) is 49.9. The van der Waals surface area contributed by atoms with Gasteiger partial charge in [-0.05, 0) is 12.8 Å². The van der Waals surface area contributed by atoms with Gasteiger partial charge in [-0.15, -0.1) is 0 Å². The molecule has 8 nitrogen and oxygen atoms in total. The SMILES string of the molecule is CCCCCCCCCCCCCCCCOCCCCCCCCCCCCCCCC.O=C([O-])CC(C(=O)[O-])S(=O)(=O)O.[Na+].[Na+]. The van der Waals surface area contributed by atoms with Gasteiger partial charge < -0.3 is 24.5 Å². The van der Waals surface area contributed by atoms with Crippen LogP contribution in [0.1, 0.15) is 200 Å². The summed E-state index contributed by atoms with van der Waals surface area (Å²) >= 11 is 0. The number of rotatable bonds is 34. The van der Waals surface area contributed by atoms with Crippen LogP contribution in [0.15, 0.2) is 0 Å². The second-order valence-electron chi connectivity index (χ2n) is 12.7. The van der Waals surface area contributed by atoms with Gasteiger partial charge in [-0.1, -0.05) is 181 Å². The second kappa shape index (κ2) is 43.0. The number of hydrogen-bond acceptors (Lipinski definition) is 7. The summed E-state index contributed by atoms with van der Waals surface area (Å²) in [4.78, 5) is 19.7. The van der Waals surface area contributed by atoms with Crippen LogP contribution in [0.25, 0.3) is 0 Å². The number of carboxylic acid groups (broad SMARTS) is 2. The molecule has 0 amide bonds. The fourth-order valence-electron chi connectivity index (χ4n) is 5.36. The first-order chi connectivity index (χ1) is 21.7. The molecule has 270 valence electrons. The molecule has 0 heterocycles. The van der Waals surface area contributed by atoms with E-state index in [2.05, 4.69) is 13.8 Å². The van der Waals surface area contributed by atoms with Gasteiger partial charge in [-0.3, -0.25) is 4.55 Å². The standard InChI is InChI=1S/C32H66O.C4H6O7S.2Na/c1-3-5-7-9-11-13-15-17-19-21-23-25-27-29-31-33-32-30-28-26-24-22-20-18-16-14-12-10-8-6-4-2;5-3(6)1-2(4(7)8)12(9,10)11;;/h3-32H2,1-2H3;2H,1H2,(H,5,6)(H,7,8)(H,9,10,11);;/q;;2*+1/p-2. The van der Waals surface area contributed by atoms with Crippen molar-refractivity contribution in [2.75, 3.05) is 13.2 Å². The number of carbonyl (C=O) groups excluding carboxylic acids is 2. The van der Waals surface area contributed by atoms with Crippen LogP contribution in [0.5, 0.6) is 0 Å². The van der Waals surface area contributed by atoms with Gasteiger partial charge in [0, 0.05) is 25.6 Å². The third-order valence-corrected chi connectivity index (χ3v) is 9.34. The maximum atomic E-state index is 10.2. The van der Waals surface area contributed by atoms with Crippen LogP contribution in [0.4, 0.5) is 0 Å². The summed E-state index contributed by atoms with van der Waals surface area (Å²) < 4.78 is 34.3. The first kappa shape index (κ1) is 54.6. The van der Waals surface area contributed by atoms with E-state index in [0.29, 0.717) is 0 Å². The van der Waals surface area contributed by atoms with Gasteiger partial charge in [-0.2, -0.15) is 8.42 Å². The Labute approximate surface area is 334 Å². The minimum Gasteiger partial charge on any atom is -0.550 e. The van der Waals surface area contributed by atoms with Gasteiger partial charge >= 0.3 is 59.1 Å². The van der Waals surface area contributed by atoms with Crippen LogP contribution < -0.4 is 69.3 Å². The third-order valence-electron chi connectivity index (χ3n) is 8.26.